The average Bonchev–Trinajstić information content (AvgIpc) is 2.25. The van der Waals surface area contributed by atoms with Crippen molar-refractivity contribution in [3.05, 3.63) is 0 Å². The fraction of sp³-hybridized carbons (Fsp3) is 1.00. The van der Waals surface area contributed by atoms with Crippen molar-refractivity contribution in [3.8, 4) is 0 Å². The zero-order chi connectivity index (χ0) is 11.2. The number of nitrogens with zero attached hydrogens (tertiary/aromatic N) is 1. The van der Waals surface area contributed by atoms with Crippen LogP contribution in [0, 0.1) is 0 Å². The Labute approximate surface area is 104 Å². The lowest BCUT2D eigenvalue weighted by atomic mass is 9.91. The Bertz CT molecular complexity index is 190. The van der Waals surface area contributed by atoms with Gasteiger partial charge in [-0.25, -0.2) is 0 Å². The number of rotatable bonds is 6. The van der Waals surface area contributed by atoms with Gasteiger partial charge in [0.1, 0.15) is 0 Å². The van der Waals surface area contributed by atoms with Crippen LogP contribution in [-0.4, -0.2) is 42.6 Å². The molecule has 0 aromatic carbocycles. The van der Waals surface area contributed by atoms with Gasteiger partial charge in [-0.2, -0.15) is 0 Å². The molecule has 16 heavy (non-hydrogen) atoms. The van der Waals surface area contributed by atoms with E-state index in [0.717, 1.165) is 38.0 Å². The lowest BCUT2D eigenvalue weighted by molar-refractivity contribution is -0.0216. The van der Waals surface area contributed by atoms with E-state index in [0.29, 0.717) is 6.10 Å². The van der Waals surface area contributed by atoms with Gasteiger partial charge in [-0.3, -0.25) is 4.90 Å². The van der Waals surface area contributed by atoms with Crippen LogP contribution in [-0.2, 0) is 4.74 Å². The topological polar surface area (TPSA) is 12.5 Å². The molecule has 2 aliphatic rings. The van der Waals surface area contributed by atoms with Gasteiger partial charge < -0.3 is 4.74 Å². The predicted octanol–water partition coefficient (Wildman–Crippen LogP) is 3.04. The van der Waals surface area contributed by atoms with Gasteiger partial charge in [-0.05, 0) is 45.1 Å². The van der Waals surface area contributed by atoms with Crippen LogP contribution in [0.25, 0.3) is 0 Å². The van der Waals surface area contributed by atoms with Crippen LogP contribution >= 0.6 is 11.6 Å². The Morgan fingerprint density at radius 3 is 2.56 bits per heavy atom. The van der Waals surface area contributed by atoms with Crippen molar-refractivity contribution in [2.75, 3.05) is 25.6 Å². The van der Waals surface area contributed by atoms with Crippen LogP contribution in [0.15, 0.2) is 0 Å². The first-order valence-electron chi connectivity index (χ1n) is 6.82. The Hall–Kier alpha value is 0.210. The van der Waals surface area contributed by atoms with E-state index in [1.807, 2.05) is 0 Å². The molecule has 1 saturated heterocycles. The third kappa shape index (κ3) is 3.61. The number of hydrogen-bond acceptors (Lipinski definition) is 2. The Kier molecular flexibility index (Phi) is 5.40. The maximum Gasteiger partial charge on any atom is 0.0702 e. The van der Waals surface area contributed by atoms with Crippen molar-refractivity contribution in [3.63, 3.8) is 0 Å². The molecule has 1 atom stereocenters. The van der Waals surface area contributed by atoms with Crippen LogP contribution in [0.5, 0.6) is 0 Å². The van der Waals surface area contributed by atoms with Gasteiger partial charge in [0.2, 0.25) is 0 Å². The van der Waals surface area contributed by atoms with Gasteiger partial charge in [-0.15, -0.1) is 11.6 Å². The molecular weight excluding hydrogens is 222 g/mol. The third-order valence-electron chi connectivity index (χ3n) is 3.88. The van der Waals surface area contributed by atoms with Crippen molar-refractivity contribution >= 4 is 11.6 Å². The van der Waals surface area contributed by atoms with Crippen LogP contribution in [0.2, 0.25) is 0 Å². The number of alkyl halides is 1. The van der Waals surface area contributed by atoms with Gasteiger partial charge >= 0.3 is 0 Å². The van der Waals surface area contributed by atoms with Crippen LogP contribution in [0.4, 0.5) is 0 Å². The molecule has 1 unspecified atom stereocenters. The highest BCUT2D eigenvalue weighted by molar-refractivity contribution is 6.17. The number of ether oxygens (including phenoxy) is 1. The fourth-order valence-electron chi connectivity index (χ4n) is 2.65. The van der Waals surface area contributed by atoms with E-state index in [2.05, 4.69) is 4.90 Å². The summed E-state index contributed by atoms with van der Waals surface area (Å²) in [5.74, 6) is 0.786. The molecule has 2 nitrogen and oxygen atoms in total. The third-order valence-corrected chi connectivity index (χ3v) is 4.15. The molecule has 0 radical (unpaired) electrons. The maximum absolute atomic E-state index is 5.83. The molecule has 1 aliphatic carbocycles. The van der Waals surface area contributed by atoms with Gasteiger partial charge in [0, 0.05) is 25.1 Å². The molecule has 0 spiro atoms. The van der Waals surface area contributed by atoms with Crippen molar-refractivity contribution in [2.24, 2.45) is 0 Å². The number of halogens is 1. The minimum atomic E-state index is 0.490. The molecule has 0 amide bonds. The monoisotopic (exact) mass is 245 g/mol. The van der Waals surface area contributed by atoms with E-state index in [1.54, 1.807) is 0 Å². The highest BCUT2D eigenvalue weighted by Crippen LogP contribution is 2.26. The van der Waals surface area contributed by atoms with E-state index in [-0.39, 0.29) is 0 Å². The lowest BCUT2D eigenvalue weighted by Crippen LogP contribution is -2.45. The van der Waals surface area contributed by atoms with E-state index in [4.69, 9.17) is 16.3 Å². The smallest absolute Gasteiger partial charge is 0.0702 e. The minimum Gasteiger partial charge on any atom is -0.377 e. The van der Waals surface area contributed by atoms with Crippen molar-refractivity contribution in [1.82, 2.24) is 4.90 Å². The molecule has 3 heteroatoms. The number of hydrogen-bond donors (Lipinski definition) is 0. The zero-order valence-corrected chi connectivity index (χ0v) is 10.9. The van der Waals surface area contributed by atoms with Crippen LogP contribution < -0.4 is 0 Å². The maximum atomic E-state index is 5.83. The first kappa shape index (κ1) is 12.7. The molecular formula is C13H24ClNO. The van der Waals surface area contributed by atoms with Gasteiger partial charge in [0.15, 0.2) is 0 Å². The standard InChI is InChI=1S/C13H24ClNO/c14-8-4-9-15(12-5-3-6-12)11-13-7-1-2-10-16-13/h12-13H,1-11H2. The SMILES string of the molecule is ClCCCN(CC1CCCCO1)C1CCC1. The van der Waals surface area contributed by atoms with E-state index >= 15 is 0 Å². The predicted molar refractivity (Wildman–Crippen MR) is 68.1 cm³/mol. The van der Waals surface area contributed by atoms with Crippen LogP contribution in [0.1, 0.15) is 44.9 Å². The lowest BCUT2D eigenvalue weighted by Gasteiger charge is -2.40. The highest BCUT2D eigenvalue weighted by atomic mass is 35.5. The quantitative estimate of drug-likeness (QED) is 0.667. The summed E-state index contributed by atoms with van der Waals surface area (Å²) < 4.78 is 5.83. The van der Waals surface area contributed by atoms with E-state index < -0.39 is 0 Å². The summed E-state index contributed by atoms with van der Waals surface area (Å²) >= 11 is 5.80. The average molecular weight is 246 g/mol. The summed E-state index contributed by atoms with van der Waals surface area (Å²) in [6, 6.07) is 0.828. The molecule has 2 rings (SSSR count). The van der Waals surface area contributed by atoms with E-state index in [1.165, 1.54) is 38.5 Å². The van der Waals surface area contributed by atoms with Crippen molar-refractivity contribution in [2.45, 2.75) is 57.1 Å². The fourth-order valence-corrected chi connectivity index (χ4v) is 2.77. The Morgan fingerprint density at radius 1 is 1.12 bits per heavy atom. The van der Waals surface area contributed by atoms with Gasteiger partial charge in [-0.1, -0.05) is 6.42 Å². The molecule has 1 saturated carbocycles. The largest absolute Gasteiger partial charge is 0.377 e. The molecule has 2 fully saturated rings. The summed E-state index contributed by atoms with van der Waals surface area (Å²) in [5, 5.41) is 0. The van der Waals surface area contributed by atoms with Crippen LogP contribution in [0.3, 0.4) is 0 Å². The highest BCUT2D eigenvalue weighted by Gasteiger charge is 2.27. The summed E-state index contributed by atoms with van der Waals surface area (Å²) in [5.41, 5.74) is 0. The normalized spacial score (nSPS) is 27.0. The summed E-state index contributed by atoms with van der Waals surface area (Å²) in [6.45, 7) is 3.27. The first-order chi connectivity index (χ1) is 7.90. The second-order valence-electron chi connectivity index (χ2n) is 5.11. The molecule has 1 heterocycles. The van der Waals surface area contributed by atoms with E-state index in [9.17, 15) is 0 Å². The second-order valence-corrected chi connectivity index (χ2v) is 5.49. The molecule has 0 aromatic rings. The molecule has 0 aromatic heterocycles. The Balaban J connectivity index is 1.75. The molecule has 0 bridgehead atoms. The summed E-state index contributed by atoms with van der Waals surface area (Å²) in [7, 11) is 0. The molecule has 94 valence electrons. The van der Waals surface area contributed by atoms with Crippen molar-refractivity contribution < 1.29 is 4.74 Å². The van der Waals surface area contributed by atoms with Gasteiger partial charge in [0.25, 0.3) is 0 Å². The molecule has 0 N–H and O–H groups in total. The summed E-state index contributed by atoms with van der Waals surface area (Å²) in [6.07, 6.45) is 9.64. The second kappa shape index (κ2) is 6.83. The zero-order valence-electron chi connectivity index (χ0n) is 10.2. The molecule has 1 aliphatic heterocycles. The minimum absolute atomic E-state index is 0.490. The first-order valence-corrected chi connectivity index (χ1v) is 7.35. The van der Waals surface area contributed by atoms with Gasteiger partial charge in [0.05, 0.1) is 6.10 Å². The van der Waals surface area contributed by atoms with Crippen molar-refractivity contribution in [1.29, 1.82) is 0 Å². The Morgan fingerprint density at radius 2 is 2.00 bits per heavy atom. The summed E-state index contributed by atoms with van der Waals surface area (Å²) in [4.78, 5) is 2.63.